The number of thiophene rings is 1. The molecule has 6 nitrogen and oxygen atoms in total. The molecule has 0 N–H and O–H groups in total. The van der Waals surface area contributed by atoms with E-state index in [1.165, 1.54) is 10.3 Å². The summed E-state index contributed by atoms with van der Waals surface area (Å²) in [5, 5.41) is 3.34. The van der Waals surface area contributed by atoms with Gasteiger partial charge in [0.05, 0.1) is 18.9 Å². The SMILES string of the molecule is CC#C[C@@H](CC(=O)OCC)c1ccc(COc2ccc3scc(-c4ccc(OCC5=COC(C)(C)O5)cc4C)c3c2)cc1. The first kappa shape index (κ1) is 30.1. The molecule has 0 saturated carbocycles. The van der Waals surface area contributed by atoms with Crippen molar-refractivity contribution >= 4 is 27.4 Å². The Kier molecular flexibility index (Phi) is 9.27. The Morgan fingerprint density at radius 3 is 2.42 bits per heavy atom. The van der Waals surface area contributed by atoms with Gasteiger partial charge in [-0.05, 0) is 78.7 Å². The lowest BCUT2D eigenvalue weighted by Gasteiger charge is -2.18. The van der Waals surface area contributed by atoms with E-state index in [1.54, 1.807) is 24.5 Å². The fourth-order valence-electron chi connectivity index (χ4n) is 4.95. The molecule has 1 aromatic heterocycles. The molecule has 43 heavy (non-hydrogen) atoms. The maximum atomic E-state index is 12.0. The highest BCUT2D eigenvalue weighted by Crippen LogP contribution is 2.38. The zero-order chi connectivity index (χ0) is 30.4. The molecular weight excluding hydrogens is 560 g/mol. The lowest BCUT2D eigenvalue weighted by atomic mass is 9.95. The van der Waals surface area contributed by atoms with E-state index < -0.39 is 5.79 Å². The number of carbonyl (C=O) groups excluding carboxylic acids is 1. The van der Waals surface area contributed by atoms with Crippen molar-refractivity contribution in [2.24, 2.45) is 0 Å². The molecule has 3 aromatic carbocycles. The van der Waals surface area contributed by atoms with E-state index in [0.29, 0.717) is 25.6 Å². The number of rotatable bonds is 11. The fourth-order valence-corrected chi connectivity index (χ4v) is 5.89. The Bertz CT molecular complexity index is 1690. The summed E-state index contributed by atoms with van der Waals surface area (Å²) in [6.07, 6.45) is 1.85. The van der Waals surface area contributed by atoms with Crippen molar-refractivity contribution in [1.82, 2.24) is 0 Å². The molecule has 222 valence electrons. The number of aryl methyl sites for hydroxylation is 1. The first-order valence-corrected chi connectivity index (χ1v) is 15.2. The lowest BCUT2D eigenvalue weighted by Crippen LogP contribution is -2.21. The summed E-state index contributed by atoms with van der Waals surface area (Å²) in [7, 11) is 0. The molecule has 0 spiro atoms. The van der Waals surface area contributed by atoms with Crippen LogP contribution in [-0.2, 0) is 25.6 Å². The van der Waals surface area contributed by atoms with E-state index in [-0.39, 0.29) is 18.3 Å². The quantitative estimate of drug-likeness (QED) is 0.128. The minimum absolute atomic E-state index is 0.191. The highest BCUT2D eigenvalue weighted by Gasteiger charge is 2.27. The topological polar surface area (TPSA) is 63.2 Å². The number of hydrogen-bond acceptors (Lipinski definition) is 7. The number of carbonyl (C=O) groups is 1. The number of hydrogen-bond donors (Lipinski definition) is 0. The van der Waals surface area contributed by atoms with Gasteiger partial charge in [0.25, 0.3) is 0 Å². The molecular formula is C36H36O6S. The van der Waals surface area contributed by atoms with Gasteiger partial charge < -0.3 is 23.7 Å². The number of ether oxygens (including phenoxy) is 5. The summed E-state index contributed by atoms with van der Waals surface area (Å²) in [5.74, 6) is 7.23. The highest BCUT2D eigenvalue weighted by atomic mass is 32.1. The van der Waals surface area contributed by atoms with Crippen LogP contribution in [-0.4, -0.2) is 25.0 Å². The van der Waals surface area contributed by atoms with Gasteiger partial charge in [-0.15, -0.1) is 17.3 Å². The van der Waals surface area contributed by atoms with Crippen LogP contribution in [0.1, 0.15) is 56.7 Å². The van der Waals surface area contributed by atoms with Gasteiger partial charge in [-0.1, -0.05) is 36.3 Å². The zero-order valence-corrected chi connectivity index (χ0v) is 26.0. The molecule has 4 aromatic rings. The predicted octanol–water partition coefficient (Wildman–Crippen LogP) is 8.52. The van der Waals surface area contributed by atoms with Crippen molar-refractivity contribution in [3.8, 4) is 34.5 Å². The zero-order valence-electron chi connectivity index (χ0n) is 25.2. The summed E-state index contributed by atoms with van der Waals surface area (Å²) in [6, 6.07) is 20.4. The van der Waals surface area contributed by atoms with Gasteiger partial charge in [-0.25, -0.2) is 0 Å². The third-order valence-electron chi connectivity index (χ3n) is 7.05. The van der Waals surface area contributed by atoms with Gasteiger partial charge in [0.15, 0.2) is 5.76 Å². The van der Waals surface area contributed by atoms with Gasteiger partial charge in [-0.3, -0.25) is 4.79 Å². The predicted molar refractivity (Wildman–Crippen MR) is 170 cm³/mol. The Morgan fingerprint density at radius 2 is 1.72 bits per heavy atom. The third-order valence-corrected chi connectivity index (χ3v) is 8.01. The van der Waals surface area contributed by atoms with Crippen LogP contribution in [0.15, 0.2) is 78.1 Å². The van der Waals surface area contributed by atoms with E-state index in [2.05, 4.69) is 42.3 Å². The average Bonchev–Trinajstić information content (AvgIpc) is 3.57. The molecule has 0 radical (unpaired) electrons. The van der Waals surface area contributed by atoms with Gasteiger partial charge in [0.1, 0.15) is 31.0 Å². The first-order chi connectivity index (χ1) is 20.7. The number of fused-ring (bicyclic) bond motifs is 1. The molecule has 0 bridgehead atoms. The first-order valence-electron chi connectivity index (χ1n) is 14.3. The Labute approximate surface area is 257 Å². The molecule has 1 atom stereocenters. The second-order valence-electron chi connectivity index (χ2n) is 10.8. The Morgan fingerprint density at radius 1 is 0.977 bits per heavy atom. The van der Waals surface area contributed by atoms with Gasteiger partial charge >= 0.3 is 5.97 Å². The smallest absolute Gasteiger partial charge is 0.307 e. The Balaban J connectivity index is 1.25. The lowest BCUT2D eigenvalue weighted by molar-refractivity contribution is -0.143. The molecule has 0 saturated heterocycles. The number of esters is 1. The van der Waals surface area contributed by atoms with Crippen LogP contribution in [0.3, 0.4) is 0 Å². The van der Waals surface area contributed by atoms with Crippen molar-refractivity contribution < 1.29 is 28.5 Å². The van der Waals surface area contributed by atoms with Crippen molar-refractivity contribution in [3.05, 3.63) is 94.8 Å². The molecule has 1 aliphatic rings. The molecule has 7 heteroatoms. The number of benzene rings is 3. The van der Waals surface area contributed by atoms with Gasteiger partial charge in [0.2, 0.25) is 5.79 Å². The summed E-state index contributed by atoms with van der Waals surface area (Å²) in [5.41, 5.74) is 5.47. The van der Waals surface area contributed by atoms with Crippen molar-refractivity contribution in [1.29, 1.82) is 0 Å². The van der Waals surface area contributed by atoms with Crippen LogP contribution in [0.25, 0.3) is 21.2 Å². The summed E-state index contributed by atoms with van der Waals surface area (Å²) in [6.45, 7) is 10.5. The molecule has 2 heterocycles. The fraction of sp³-hybridized carbons (Fsp3) is 0.306. The maximum Gasteiger partial charge on any atom is 0.307 e. The molecule has 1 aliphatic heterocycles. The molecule has 0 aliphatic carbocycles. The van der Waals surface area contributed by atoms with Crippen molar-refractivity contribution in [2.45, 2.75) is 59.4 Å². The molecule has 0 amide bonds. The average molecular weight is 597 g/mol. The van der Waals surface area contributed by atoms with Crippen LogP contribution in [0.4, 0.5) is 0 Å². The normalized spacial score (nSPS) is 14.1. The van der Waals surface area contributed by atoms with Crippen molar-refractivity contribution in [3.63, 3.8) is 0 Å². The molecule has 0 unspecified atom stereocenters. The van der Waals surface area contributed by atoms with Gasteiger partial charge in [0, 0.05) is 29.5 Å². The van der Waals surface area contributed by atoms with Crippen LogP contribution in [0.5, 0.6) is 11.5 Å². The van der Waals surface area contributed by atoms with E-state index in [4.69, 9.17) is 23.7 Å². The monoisotopic (exact) mass is 596 g/mol. The standard InChI is InChI=1S/C36H36O6S/c1-6-8-27(18-35(37)38-7-2)26-11-9-25(10-12-26)20-39-29-14-16-34-32(19-29)33(23-43-34)31-15-13-28(17-24(31)3)40-21-30-22-41-36(4,5)42-30/h9-17,19,22-23,27H,7,18,20-21H2,1-5H3/t27-/m0/s1. The van der Waals surface area contributed by atoms with Crippen LogP contribution in [0.2, 0.25) is 0 Å². The van der Waals surface area contributed by atoms with Crippen molar-refractivity contribution in [2.75, 3.05) is 13.2 Å². The van der Waals surface area contributed by atoms with E-state index in [1.807, 2.05) is 63.2 Å². The van der Waals surface area contributed by atoms with Crippen LogP contribution < -0.4 is 9.47 Å². The second kappa shape index (κ2) is 13.3. The molecule has 0 fully saturated rings. The van der Waals surface area contributed by atoms with E-state index in [0.717, 1.165) is 39.1 Å². The minimum atomic E-state index is -0.647. The van der Waals surface area contributed by atoms with Gasteiger partial charge in [-0.2, -0.15) is 0 Å². The minimum Gasteiger partial charge on any atom is -0.489 e. The Hall–Kier alpha value is -4.41. The highest BCUT2D eigenvalue weighted by molar-refractivity contribution is 7.17. The van der Waals surface area contributed by atoms with E-state index in [9.17, 15) is 4.79 Å². The third kappa shape index (κ3) is 7.52. The molecule has 5 rings (SSSR count). The van der Waals surface area contributed by atoms with Crippen LogP contribution in [0, 0.1) is 18.8 Å². The largest absolute Gasteiger partial charge is 0.489 e. The maximum absolute atomic E-state index is 12.0. The second-order valence-corrected chi connectivity index (χ2v) is 11.7. The summed E-state index contributed by atoms with van der Waals surface area (Å²) >= 11 is 1.72. The summed E-state index contributed by atoms with van der Waals surface area (Å²) < 4.78 is 29.7. The summed E-state index contributed by atoms with van der Waals surface area (Å²) in [4.78, 5) is 12.0. The van der Waals surface area contributed by atoms with Crippen LogP contribution >= 0.6 is 11.3 Å². The van der Waals surface area contributed by atoms with E-state index >= 15 is 0 Å².